The number of esters is 1. The molecular weight excluding hydrogens is 368 g/mol. The van der Waals surface area contributed by atoms with Crippen molar-refractivity contribution in [2.24, 2.45) is 0 Å². The van der Waals surface area contributed by atoms with Gasteiger partial charge in [-0.1, -0.05) is 25.3 Å². The van der Waals surface area contributed by atoms with E-state index in [-0.39, 0.29) is 28.9 Å². The molecule has 0 saturated carbocycles. The average molecular weight is 390 g/mol. The maximum atomic E-state index is 12.6. The maximum absolute atomic E-state index is 12.6. The third-order valence-electron chi connectivity index (χ3n) is 3.63. The summed E-state index contributed by atoms with van der Waals surface area (Å²) in [5, 5.41) is 18.2. The van der Waals surface area contributed by atoms with Crippen LogP contribution in [0.5, 0.6) is 0 Å². The Bertz CT molecular complexity index is 808. The van der Waals surface area contributed by atoms with Crippen molar-refractivity contribution in [3.63, 3.8) is 0 Å². The van der Waals surface area contributed by atoms with Gasteiger partial charge in [-0.25, -0.2) is 9.59 Å². The highest BCUT2D eigenvalue weighted by atomic mass is 16.6. The van der Waals surface area contributed by atoms with Gasteiger partial charge in [0.05, 0.1) is 24.3 Å². The van der Waals surface area contributed by atoms with Crippen molar-refractivity contribution in [3.8, 4) is 0 Å². The van der Waals surface area contributed by atoms with E-state index in [0.717, 1.165) is 0 Å². The first-order chi connectivity index (χ1) is 13.1. The number of benzene rings is 1. The molecule has 0 radical (unpaired) electrons. The fourth-order valence-corrected chi connectivity index (χ4v) is 2.25. The second-order valence-electron chi connectivity index (χ2n) is 5.98. The number of carboxylic acid groups (broad SMARTS) is 1. The average Bonchev–Trinajstić information content (AvgIpc) is 2.65. The van der Waals surface area contributed by atoms with Crippen LogP contribution >= 0.6 is 0 Å². The van der Waals surface area contributed by atoms with Crippen LogP contribution in [0.4, 0.5) is 0 Å². The van der Waals surface area contributed by atoms with E-state index in [1.165, 1.54) is 38.1 Å². The minimum Gasteiger partial charge on any atom is -0.478 e. The quantitative estimate of drug-likeness (QED) is 0.431. The third-order valence-corrected chi connectivity index (χ3v) is 3.63. The topological polar surface area (TPSA) is 127 Å². The number of hydrogen-bond donors (Lipinski definition) is 2. The van der Waals surface area contributed by atoms with Crippen molar-refractivity contribution in [1.82, 2.24) is 0 Å². The van der Waals surface area contributed by atoms with Gasteiger partial charge in [-0.05, 0) is 37.1 Å². The Morgan fingerprint density at radius 2 is 1.46 bits per heavy atom. The van der Waals surface area contributed by atoms with Crippen molar-refractivity contribution in [2.45, 2.75) is 26.1 Å². The molecule has 0 aliphatic rings. The predicted octanol–water partition coefficient (Wildman–Crippen LogP) is 1.58. The molecule has 1 aromatic rings. The molecule has 0 spiro atoms. The van der Waals surface area contributed by atoms with E-state index in [9.17, 15) is 24.3 Å². The molecule has 150 valence electrons. The summed E-state index contributed by atoms with van der Waals surface area (Å²) in [6.45, 7) is 9.01. The number of ketones is 2. The maximum Gasteiger partial charge on any atom is 0.339 e. The zero-order valence-corrected chi connectivity index (χ0v) is 15.6. The number of aliphatic hydroxyl groups excluding tert-OH is 1. The molecule has 0 heterocycles. The molecule has 0 amide bonds. The lowest BCUT2D eigenvalue weighted by atomic mass is 9.97. The highest BCUT2D eigenvalue weighted by Crippen LogP contribution is 2.18. The van der Waals surface area contributed by atoms with Gasteiger partial charge < -0.3 is 19.7 Å². The number of carboxylic acids is 1. The molecule has 2 N–H and O–H groups in total. The molecule has 0 aliphatic heterocycles. The summed E-state index contributed by atoms with van der Waals surface area (Å²) in [6, 6.07) is 5.28. The van der Waals surface area contributed by atoms with E-state index < -0.39 is 42.3 Å². The summed E-state index contributed by atoms with van der Waals surface area (Å²) in [7, 11) is 0. The summed E-state index contributed by atoms with van der Waals surface area (Å²) in [5.74, 6) is -3.96. The molecule has 1 rings (SSSR count). The van der Waals surface area contributed by atoms with Crippen LogP contribution in [-0.2, 0) is 19.1 Å². The number of rotatable bonds is 11. The van der Waals surface area contributed by atoms with Crippen molar-refractivity contribution in [1.29, 1.82) is 0 Å². The molecule has 0 aliphatic carbocycles. The van der Waals surface area contributed by atoms with Gasteiger partial charge in [0, 0.05) is 0 Å². The first-order valence-electron chi connectivity index (χ1n) is 8.27. The molecule has 0 aromatic heterocycles. The molecule has 8 heteroatoms. The van der Waals surface area contributed by atoms with Crippen LogP contribution < -0.4 is 0 Å². The summed E-state index contributed by atoms with van der Waals surface area (Å²) in [6.07, 6.45) is -3.28. The molecule has 2 atom stereocenters. The molecule has 0 fully saturated rings. The molecule has 0 bridgehead atoms. The molecular formula is C20H22O8. The number of Topliss-reactive ketones (excluding diaryl/α,β-unsaturated/α-hetero) is 2. The Morgan fingerprint density at radius 3 is 1.93 bits per heavy atom. The summed E-state index contributed by atoms with van der Waals surface area (Å²) in [5.41, 5.74) is -0.577. The largest absolute Gasteiger partial charge is 0.478 e. The Labute approximate surface area is 162 Å². The number of carbonyl (C=O) groups is 4. The Hall–Kier alpha value is -3.10. The lowest BCUT2D eigenvalue weighted by Crippen LogP contribution is -2.46. The SMILES string of the molecule is C=C(C)C(=O)C(OCCO)C(OC(=O)c1ccccc1C(=O)O)C(=O)C(=C)C. The second-order valence-corrected chi connectivity index (χ2v) is 5.98. The lowest BCUT2D eigenvalue weighted by molar-refractivity contribution is -0.145. The van der Waals surface area contributed by atoms with Crippen LogP contribution in [0.1, 0.15) is 34.6 Å². The monoisotopic (exact) mass is 390 g/mol. The number of hydrogen-bond acceptors (Lipinski definition) is 7. The zero-order chi connectivity index (χ0) is 21.4. The van der Waals surface area contributed by atoms with E-state index in [1.54, 1.807) is 0 Å². The van der Waals surface area contributed by atoms with E-state index in [4.69, 9.17) is 14.6 Å². The summed E-state index contributed by atoms with van der Waals surface area (Å²) in [4.78, 5) is 48.9. The highest BCUT2D eigenvalue weighted by molar-refractivity contribution is 6.08. The number of aliphatic hydroxyl groups is 1. The highest BCUT2D eigenvalue weighted by Gasteiger charge is 2.38. The number of carbonyl (C=O) groups excluding carboxylic acids is 3. The Morgan fingerprint density at radius 1 is 0.964 bits per heavy atom. The van der Waals surface area contributed by atoms with E-state index in [0.29, 0.717) is 0 Å². The van der Waals surface area contributed by atoms with Gasteiger partial charge in [-0.3, -0.25) is 9.59 Å². The van der Waals surface area contributed by atoms with E-state index >= 15 is 0 Å². The van der Waals surface area contributed by atoms with Gasteiger partial charge in [-0.15, -0.1) is 0 Å². The first kappa shape index (κ1) is 22.9. The second kappa shape index (κ2) is 10.3. The number of aromatic carboxylic acids is 1. The van der Waals surface area contributed by atoms with Crippen LogP contribution in [-0.4, -0.2) is 59.1 Å². The lowest BCUT2D eigenvalue weighted by Gasteiger charge is -2.25. The number of ether oxygens (including phenoxy) is 2. The summed E-state index contributed by atoms with van der Waals surface area (Å²) >= 11 is 0. The summed E-state index contributed by atoms with van der Waals surface area (Å²) < 4.78 is 10.4. The standard InChI is InChI=1S/C20H22O8/c1-11(2)15(22)17(27-10-9-21)18(16(23)12(3)4)28-20(26)14-8-6-5-7-13(14)19(24)25/h5-8,17-18,21H,1,3,9-10H2,2,4H3,(H,24,25). The zero-order valence-electron chi connectivity index (χ0n) is 15.6. The van der Waals surface area contributed by atoms with Crippen molar-refractivity contribution >= 4 is 23.5 Å². The fourth-order valence-electron chi connectivity index (χ4n) is 2.25. The van der Waals surface area contributed by atoms with E-state index in [2.05, 4.69) is 13.2 Å². The van der Waals surface area contributed by atoms with Gasteiger partial charge >= 0.3 is 11.9 Å². The first-order valence-corrected chi connectivity index (χ1v) is 8.27. The van der Waals surface area contributed by atoms with Crippen LogP contribution in [0.2, 0.25) is 0 Å². The van der Waals surface area contributed by atoms with Crippen molar-refractivity contribution in [2.75, 3.05) is 13.2 Å². The predicted molar refractivity (Wildman–Crippen MR) is 99.1 cm³/mol. The van der Waals surface area contributed by atoms with Crippen LogP contribution in [0, 0.1) is 0 Å². The Balaban J connectivity index is 3.33. The molecule has 28 heavy (non-hydrogen) atoms. The van der Waals surface area contributed by atoms with Gasteiger partial charge in [-0.2, -0.15) is 0 Å². The van der Waals surface area contributed by atoms with Crippen molar-refractivity contribution in [3.05, 3.63) is 59.7 Å². The fraction of sp³-hybridized carbons (Fsp3) is 0.300. The van der Waals surface area contributed by atoms with Gasteiger partial charge in [0.15, 0.2) is 18.0 Å². The van der Waals surface area contributed by atoms with Crippen LogP contribution in [0.25, 0.3) is 0 Å². The minimum atomic E-state index is -1.72. The van der Waals surface area contributed by atoms with Gasteiger partial charge in [0.1, 0.15) is 0 Å². The normalized spacial score (nSPS) is 12.5. The van der Waals surface area contributed by atoms with E-state index in [1.807, 2.05) is 0 Å². The molecule has 0 saturated heterocycles. The minimum absolute atomic E-state index is 0.00330. The molecule has 1 aromatic carbocycles. The van der Waals surface area contributed by atoms with Gasteiger partial charge in [0.2, 0.25) is 5.78 Å². The van der Waals surface area contributed by atoms with Crippen molar-refractivity contribution < 1.29 is 38.9 Å². The molecule has 8 nitrogen and oxygen atoms in total. The Kier molecular flexibility index (Phi) is 8.43. The van der Waals surface area contributed by atoms with Crippen LogP contribution in [0.15, 0.2) is 48.6 Å². The smallest absolute Gasteiger partial charge is 0.339 e. The van der Waals surface area contributed by atoms with Crippen LogP contribution in [0.3, 0.4) is 0 Å². The van der Waals surface area contributed by atoms with Gasteiger partial charge in [0.25, 0.3) is 0 Å². The third kappa shape index (κ3) is 5.70. The molecule has 2 unspecified atom stereocenters.